The zero-order valence-electron chi connectivity index (χ0n) is 11.6. The van der Waals surface area contributed by atoms with E-state index < -0.39 is 12.0 Å². The van der Waals surface area contributed by atoms with E-state index in [-0.39, 0.29) is 6.42 Å². The second-order valence-corrected chi connectivity index (χ2v) is 2.96. The largest absolute Gasteiger partial charge is 0.481 e. The molecule has 0 bridgehead atoms. The first-order valence-electron chi connectivity index (χ1n) is 5.92. The molecule has 1 aromatic heterocycles. The molecule has 5 heteroatoms. The third-order valence-electron chi connectivity index (χ3n) is 1.92. The van der Waals surface area contributed by atoms with Gasteiger partial charge in [0.1, 0.15) is 0 Å². The van der Waals surface area contributed by atoms with Gasteiger partial charge in [-0.2, -0.15) is 0 Å². The lowest BCUT2D eigenvalue weighted by molar-refractivity contribution is -0.137. The quantitative estimate of drug-likeness (QED) is 0.853. The van der Waals surface area contributed by atoms with Gasteiger partial charge in [-0.3, -0.25) is 4.79 Å². The number of carboxylic acid groups (broad SMARTS) is 1. The van der Waals surface area contributed by atoms with Crippen molar-refractivity contribution in [3.8, 4) is 0 Å². The molecule has 1 heterocycles. The summed E-state index contributed by atoms with van der Waals surface area (Å²) in [6.45, 7) is 11.6. The van der Waals surface area contributed by atoms with Crippen LogP contribution in [0.15, 0.2) is 4.52 Å². The van der Waals surface area contributed by atoms with E-state index in [1.165, 1.54) is 0 Å². The standard InChI is InChI=1S/C8H12N2O3.2C2H6/c1-4-5(2)10-13-8(4)6(9)3-7(11)12;2*1-2/h6H,3,9H2,1-2H3,(H,11,12);2*1-2H3. The van der Waals surface area contributed by atoms with Crippen LogP contribution in [0.1, 0.15) is 57.2 Å². The van der Waals surface area contributed by atoms with Gasteiger partial charge in [-0.05, 0) is 13.8 Å². The number of hydrogen-bond acceptors (Lipinski definition) is 4. The van der Waals surface area contributed by atoms with Crippen LogP contribution in [0.4, 0.5) is 0 Å². The molecule has 100 valence electrons. The van der Waals surface area contributed by atoms with Crippen molar-refractivity contribution in [1.82, 2.24) is 5.16 Å². The Balaban J connectivity index is 0. The Kier molecular flexibility index (Phi) is 10.4. The molecule has 1 atom stereocenters. The molecule has 0 fully saturated rings. The number of carboxylic acids is 1. The van der Waals surface area contributed by atoms with Crippen molar-refractivity contribution in [2.45, 2.75) is 54.0 Å². The number of hydrogen-bond donors (Lipinski definition) is 2. The van der Waals surface area contributed by atoms with Crippen molar-refractivity contribution in [3.63, 3.8) is 0 Å². The van der Waals surface area contributed by atoms with Crippen LogP contribution in [-0.4, -0.2) is 16.2 Å². The summed E-state index contributed by atoms with van der Waals surface area (Å²) in [4.78, 5) is 10.4. The van der Waals surface area contributed by atoms with Crippen LogP contribution in [0.5, 0.6) is 0 Å². The van der Waals surface area contributed by atoms with Gasteiger partial charge in [-0.1, -0.05) is 32.9 Å². The zero-order valence-corrected chi connectivity index (χ0v) is 11.6. The lowest BCUT2D eigenvalue weighted by Gasteiger charge is -2.04. The molecule has 0 saturated heterocycles. The van der Waals surface area contributed by atoms with Gasteiger partial charge in [0.2, 0.25) is 0 Å². The number of rotatable bonds is 3. The van der Waals surface area contributed by atoms with Gasteiger partial charge in [-0.25, -0.2) is 0 Å². The fraction of sp³-hybridized carbons (Fsp3) is 0.667. The maximum atomic E-state index is 10.4. The first-order chi connectivity index (χ1) is 8.02. The molecule has 1 rings (SSSR count). The molecule has 1 aromatic rings. The predicted molar refractivity (Wildman–Crippen MR) is 67.9 cm³/mol. The number of carbonyl (C=O) groups is 1. The lowest BCUT2D eigenvalue weighted by atomic mass is 10.1. The van der Waals surface area contributed by atoms with Crippen molar-refractivity contribution in [2.75, 3.05) is 0 Å². The summed E-state index contributed by atoms with van der Waals surface area (Å²) in [7, 11) is 0. The summed E-state index contributed by atoms with van der Waals surface area (Å²) in [6, 6.07) is -0.612. The highest BCUT2D eigenvalue weighted by atomic mass is 16.5. The van der Waals surface area contributed by atoms with E-state index >= 15 is 0 Å². The van der Waals surface area contributed by atoms with Crippen LogP contribution < -0.4 is 5.73 Å². The molecule has 0 aliphatic carbocycles. The smallest absolute Gasteiger partial charge is 0.305 e. The van der Waals surface area contributed by atoms with Crippen molar-refractivity contribution in [1.29, 1.82) is 0 Å². The molecule has 0 spiro atoms. The number of nitrogens with two attached hydrogens (primary N) is 1. The Labute approximate surface area is 103 Å². The molecule has 0 radical (unpaired) electrons. The summed E-state index contributed by atoms with van der Waals surface area (Å²) in [5.41, 5.74) is 7.17. The van der Waals surface area contributed by atoms with E-state index in [4.69, 9.17) is 15.4 Å². The van der Waals surface area contributed by atoms with Crippen molar-refractivity contribution >= 4 is 5.97 Å². The Morgan fingerprint density at radius 3 is 2.12 bits per heavy atom. The highest BCUT2D eigenvalue weighted by molar-refractivity contribution is 5.67. The average molecular weight is 244 g/mol. The highest BCUT2D eigenvalue weighted by Crippen LogP contribution is 2.20. The van der Waals surface area contributed by atoms with Gasteiger partial charge >= 0.3 is 5.97 Å². The average Bonchev–Trinajstić information content (AvgIpc) is 2.64. The number of aromatic nitrogens is 1. The van der Waals surface area contributed by atoms with Gasteiger partial charge < -0.3 is 15.4 Å². The minimum absolute atomic E-state index is 0.143. The molecule has 0 aromatic carbocycles. The van der Waals surface area contributed by atoms with Crippen molar-refractivity contribution in [3.05, 3.63) is 17.0 Å². The van der Waals surface area contributed by atoms with E-state index in [0.29, 0.717) is 5.76 Å². The van der Waals surface area contributed by atoms with Crippen molar-refractivity contribution in [2.24, 2.45) is 5.73 Å². The van der Waals surface area contributed by atoms with Gasteiger partial charge in [0.15, 0.2) is 5.76 Å². The first kappa shape index (κ1) is 18.0. The summed E-state index contributed by atoms with van der Waals surface area (Å²) in [5, 5.41) is 12.2. The van der Waals surface area contributed by atoms with Crippen LogP contribution in [0.2, 0.25) is 0 Å². The van der Waals surface area contributed by atoms with E-state index in [1.807, 2.05) is 34.6 Å². The van der Waals surface area contributed by atoms with Gasteiger partial charge in [0.25, 0.3) is 0 Å². The summed E-state index contributed by atoms with van der Waals surface area (Å²) in [6.07, 6.45) is -0.143. The Morgan fingerprint density at radius 2 is 1.82 bits per heavy atom. The summed E-state index contributed by atoms with van der Waals surface area (Å²) >= 11 is 0. The maximum Gasteiger partial charge on any atom is 0.305 e. The monoisotopic (exact) mass is 244 g/mol. The minimum atomic E-state index is -0.944. The number of aliphatic carboxylic acids is 1. The molecular formula is C12H24N2O3. The van der Waals surface area contributed by atoms with E-state index in [0.717, 1.165) is 11.3 Å². The Morgan fingerprint density at radius 1 is 1.35 bits per heavy atom. The van der Waals surface area contributed by atoms with Crippen LogP contribution in [0.25, 0.3) is 0 Å². The lowest BCUT2D eigenvalue weighted by Crippen LogP contribution is -2.15. The Bertz CT molecular complexity index is 322. The number of aryl methyl sites for hydroxylation is 1. The van der Waals surface area contributed by atoms with Gasteiger partial charge in [0, 0.05) is 5.56 Å². The van der Waals surface area contributed by atoms with E-state index in [2.05, 4.69) is 5.16 Å². The zero-order chi connectivity index (χ0) is 14.0. The van der Waals surface area contributed by atoms with Crippen LogP contribution in [0, 0.1) is 13.8 Å². The molecule has 17 heavy (non-hydrogen) atoms. The van der Waals surface area contributed by atoms with Crippen LogP contribution in [-0.2, 0) is 4.79 Å². The number of nitrogens with zero attached hydrogens (tertiary/aromatic N) is 1. The Hall–Kier alpha value is -1.36. The molecule has 0 aliphatic heterocycles. The van der Waals surface area contributed by atoms with Gasteiger partial charge in [-0.15, -0.1) is 0 Å². The normalized spacial score (nSPS) is 10.5. The fourth-order valence-corrected chi connectivity index (χ4v) is 1.06. The second-order valence-electron chi connectivity index (χ2n) is 2.96. The fourth-order valence-electron chi connectivity index (χ4n) is 1.06. The molecular weight excluding hydrogens is 220 g/mol. The van der Waals surface area contributed by atoms with Crippen LogP contribution >= 0.6 is 0 Å². The third-order valence-corrected chi connectivity index (χ3v) is 1.92. The molecule has 1 unspecified atom stereocenters. The van der Waals surface area contributed by atoms with Gasteiger partial charge in [0.05, 0.1) is 18.2 Å². The summed E-state index contributed by atoms with van der Waals surface area (Å²) in [5.74, 6) is -0.485. The second kappa shape index (κ2) is 9.84. The summed E-state index contributed by atoms with van der Waals surface area (Å²) < 4.78 is 4.92. The van der Waals surface area contributed by atoms with E-state index in [9.17, 15) is 4.79 Å². The predicted octanol–water partition coefficient (Wildman–Crippen LogP) is 2.82. The first-order valence-corrected chi connectivity index (χ1v) is 5.92. The van der Waals surface area contributed by atoms with E-state index in [1.54, 1.807) is 6.92 Å². The SMILES string of the molecule is CC.CC.Cc1noc(C(N)CC(=O)O)c1C. The van der Waals surface area contributed by atoms with Crippen LogP contribution in [0.3, 0.4) is 0 Å². The molecule has 0 saturated carbocycles. The highest BCUT2D eigenvalue weighted by Gasteiger charge is 2.18. The molecule has 0 aliphatic rings. The minimum Gasteiger partial charge on any atom is -0.481 e. The molecule has 5 nitrogen and oxygen atoms in total. The third kappa shape index (κ3) is 6.06. The topological polar surface area (TPSA) is 89.4 Å². The molecule has 3 N–H and O–H groups in total. The molecule has 0 amide bonds. The van der Waals surface area contributed by atoms with Crippen molar-refractivity contribution < 1.29 is 14.4 Å². The maximum absolute atomic E-state index is 10.4.